The largest absolute Gasteiger partial charge is 0.324 e. The minimum Gasteiger partial charge on any atom is -0.324 e. The van der Waals surface area contributed by atoms with Gasteiger partial charge >= 0.3 is 0 Å². The number of rotatable bonds is 3. The van der Waals surface area contributed by atoms with Gasteiger partial charge in [0.05, 0.1) is 12.4 Å². The molecule has 0 saturated heterocycles. The number of H-pyrrole nitrogens is 1. The van der Waals surface area contributed by atoms with E-state index in [1.54, 1.807) is 12.4 Å². The molecule has 0 aliphatic heterocycles. The topological polar surface area (TPSA) is 70.9 Å². The molecule has 6 heteroatoms. The summed E-state index contributed by atoms with van der Waals surface area (Å²) in [4.78, 5) is 8.75. The van der Waals surface area contributed by atoms with E-state index in [1.807, 2.05) is 53.3 Å². The number of aromatic nitrogens is 5. The highest BCUT2D eigenvalue weighted by Crippen LogP contribution is 2.20. The van der Waals surface area contributed by atoms with Crippen LogP contribution >= 0.6 is 0 Å². The molecule has 0 aliphatic carbocycles. The third-order valence-corrected chi connectivity index (χ3v) is 3.20. The highest BCUT2D eigenvalue weighted by molar-refractivity contribution is 5.64. The zero-order valence-corrected chi connectivity index (χ0v) is 11.1. The van der Waals surface area contributed by atoms with Gasteiger partial charge in [0.1, 0.15) is 11.5 Å². The predicted molar refractivity (Wildman–Crippen MR) is 80.3 cm³/mol. The maximum atomic E-state index is 4.52. The molecule has 0 unspecified atom stereocenters. The second kappa shape index (κ2) is 4.75. The molecule has 0 saturated carbocycles. The third-order valence-electron chi connectivity index (χ3n) is 3.20. The molecule has 4 heterocycles. The molecule has 0 atom stereocenters. The van der Waals surface area contributed by atoms with Crippen LogP contribution in [0.5, 0.6) is 0 Å². The van der Waals surface area contributed by atoms with Crippen molar-refractivity contribution in [1.29, 1.82) is 0 Å². The third kappa shape index (κ3) is 2.23. The standard InChI is InChI=1S/C15H12N6/c1-2-6-16-13(3-1)19-14-10-21-9-11(4-5-15(21)20-14)12-7-17-18-8-12/h1-10H,(H,16,19)(H,17,18). The molecular formula is C15H12N6. The Hall–Kier alpha value is -3.15. The van der Waals surface area contributed by atoms with Gasteiger partial charge in [-0.25, -0.2) is 9.97 Å². The van der Waals surface area contributed by atoms with E-state index in [-0.39, 0.29) is 0 Å². The Balaban J connectivity index is 1.70. The Labute approximate surface area is 120 Å². The summed E-state index contributed by atoms with van der Waals surface area (Å²) in [6, 6.07) is 9.72. The summed E-state index contributed by atoms with van der Waals surface area (Å²) in [5, 5.41) is 9.97. The fourth-order valence-corrected chi connectivity index (χ4v) is 2.20. The van der Waals surface area contributed by atoms with Gasteiger partial charge in [-0.1, -0.05) is 6.07 Å². The van der Waals surface area contributed by atoms with Crippen LogP contribution in [-0.4, -0.2) is 24.6 Å². The van der Waals surface area contributed by atoms with Crippen LogP contribution in [-0.2, 0) is 0 Å². The lowest BCUT2D eigenvalue weighted by molar-refractivity contribution is 1.09. The number of pyridine rings is 2. The SMILES string of the molecule is c1ccc(Nc2cn3cc(-c4cn[nH]c4)ccc3n2)nc1. The van der Waals surface area contributed by atoms with Crippen LogP contribution in [0.2, 0.25) is 0 Å². The summed E-state index contributed by atoms with van der Waals surface area (Å²) in [7, 11) is 0. The first kappa shape index (κ1) is 11.7. The number of aromatic amines is 1. The summed E-state index contributed by atoms with van der Waals surface area (Å²) in [5.74, 6) is 1.54. The number of hydrogen-bond donors (Lipinski definition) is 2. The number of anilines is 2. The van der Waals surface area contributed by atoms with Crippen LogP contribution in [0, 0.1) is 0 Å². The molecule has 6 nitrogen and oxygen atoms in total. The lowest BCUT2D eigenvalue weighted by Gasteiger charge is -1.99. The van der Waals surface area contributed by atoms with E-state index in [2.05, 4.69) is 25.5 Å². The smallest absolute Gasteiger partial charge is 0.150 e. The van der Waals surface area contributed by atoms with Crippen LogP contribution in [0.3, 0.4) is 0 Å². The second-order valence-electron chi connectivity index (χ2n) is 4.64. The molecule has 102 valence electrons. The van der Waals surface area contributed by atoms with Crippen molar-refractivity contribution in [1.82, 2.24) is 24.6 Å². The van der Waals surface area contributed by atoms with Gasteiger partial charge in [-0.2, -0.15) is 5.10 Å². The van der Waals surface area contributed by atoms with E-state index in [4.69, 9.17) is 0 Å². The van der Waals surface area contributed by atoms with Crippen molar-refractivity contribution < 1.29 is 0 Å². The van der Waals surface area contributed by atoms with Crippen molar-refractivity contribution in [3.05, 3.63) is 61.3 Å². The lowest BCUT2D eigenvalue weighted by Crippen LogP contribution is -1.91. The molecule has 0 bridgehead atoms. The normalized spacial score (nSPS) is 10.9. The van der Waals surface area contributed by atoms with Gasteiger partial charge in [-0.15, -0.1) is 0 Å². The molecule has 4 aromatic heterocycles. The summed E-state index contributed by atoms with van der Waals surface area (Å²) < 4.78 is 1.98. The van der Waals surface area contributed by atoms with E-state index in [9.17, 15) is 0 Å². The van der Waals surface area contributed by atoms with E-state index in [0.717, 1.165) is 28.4 Å². The summed E-state index contributed by atoms with van der Waals surface area (Å²) >= 11 is 0. The Morgan fingerprint density at radius 1 is 1.00 bits per heavy atom. The fraction of sp³-hybridized carbons (Fsp3) is 0. The molecule has 21 heavy (non-hydrogen) atoms. The molecule has 0 spiro atoms. The summed E-state index contributed by atoms with van der Waals surface area (Å²) in [6.07, 6.45) is 9.37. The van der Waals surface area contributed by atoms with Gasteiger partial charge in [0.25, 0.3) is 0 Å². The molecular weight excluding hydrogens is 264 g/mol. The molecule has 4 aromatic rings. The first-order valence-electron chi connectivity index (χ1n) is 6.54. The average Bonchev–Trinajstić information content (AvgIpc) is 3.16. The number of nitrogens with zero attached hydrogens (tertiary/aromatic N) is 4. The van der Waals surface area contributed by atoms with Gasteiger partial charge in [-0.3, -0.25) is 5.10 Å². The molecule has 0 radical (unpaired) electrons. The zero-order chi connectivity index (χ0) is 14.1. The maximum absolute atomic E-state index is 4.52. The average molecular weight is 276 g/mol. The maximum Gasteiger partial charge on any atom is 0.150 e. The number of fused-ring (bicyclic) bond motifs is 1. The van der Waals surface area contributed by atoms with Crippen LogP contribution in [0.1, 0.15) is 0 Å². The fourth-order valence-electron chi connectivity index (χ4n) is 2.20. The minimum absolute atomic E-state index is 0.762. The van der Waals surface area contributed by atoms with Crippen LogP contribution in [0.4, 0.5) is 11.6 Å². The van der Waals surface area contributed by atoms with Crippen molar-refractivity contribution in [2.24, 2.45) is 0 Å². The summed E-state index contributed by atoms with van der Waals surface area (Å²) in [6.45, 7) is 0. The van der Waals surface area contributed by atoms with E-state index in [1.165, 1.54) is 0 Å². The minimum atomic E-state index is 0.762. The Bertz CT molecular complexity index is 864. The van der Waals surface area contributed by atoms with Gasteiger partial charge < -0.3 is 9.72 Å². The number of nitrogens with one attached hydrogen (secondary N) is 2. The van der Waals surface area contributed by atoms with Gasteiger partial charge in [0.15, 0.2) is 5.82 Å². The van der Waals surface area contributed by atoms with E-state index < -0.39 is 0 Å². The van der Waals surface area contributed by atoms with E-state index >= 15 is 0 Å². The Kier molecular flexibility index (Phi) is 2.64. The number of hydrogen-bond acceptors (Lipinski definition) is 4. The quantitative estimate of drug-likeness (QED) is 0.603. The Morgan fingerprint density at radius 3 is 2.81 bits per heavy atom. The highest BCUT2D eigenvalue weighted by Gasteiger charge is 2.05. The highest BCUT2D eigenvalue weighted by atomic mass is 15.1. The second-order valence-corrected chi connectivity index (χ2v) is 4.64. The van der Waals surface area contributed by atoms with Gasteiger partial charge in [0, 0.05) is 29.7 Å². The molecule has 0 amide bonds. The van der Waals surface area contributed by atoms with Gasteiger partial charge in [0.2, 0.25) is 0 Å². The molecule has 0 aromatic carbocycles. The van der Waals surface area contributed by atoms with E-state index in [0.29, 0.717) is 0 Å². The summed E-state index contributed by atoms with van der Waals surface area (Å²) in [5.41, 5.74) is 3.00. The Morgan fingerprint density at radius 2 is 2.00 bits per heavy atom. The molecule has 0 fully saturated rings. The molecule has 2 N–H and O–H groups in total. The van der Waals surface area contributed by atoms with Crippen molar-refractivity contribution in [2.45, 2.75) is 0 Å². The monoisotopic (exact) mass is 276 g/mol. The number of imidazole rings is 1. The first-order valence-corrected chi connectivity index (χ1v) is 6.54. The predicted octanol–water partition coefficient (Wildman–Crippen LogP) is 2.86. The van der Waals surface area contributed by atoms with Crippen molar-refractivity contribution in [2.75, 3.05) is 5.32 Å². The van der Waals surface area contributed by atoms with Crippen LogP contribution in [0.25, 0.3) is 16.8 Å². The van der Waals surface area contributed by atoms with Crippen molar-refractivity contribution >= 4 is 17.3 Å². The van der Waals surface area contributed by atoms with Crippen LogP contribution < -0.4 is 5.32 Å². The van der Waals surface area contributed by atoms with Crippen LogP contribution in [0.15, 0.2) is 61.3 Å². The van der Waals surface area contributed by atoms with Crippen molar-refractivity contribution in [3.63, 3.8) is 0 Å². The first-order chi connectivity index (χ1) is 10.4. The zero-order valence-electron chi connectivity index (χ0n) is 11.1. The molecule has 4 rings (SSSR count). The van der Waals surface area contributed by atoms with Crippen molar-refractivity contribution in [3.8, 4) is 11.1 Å². The van der Waals surface area contributed by atoms with Gasteiger partial charge in [-0.05, 0) is 24.3 Å². The molecule has 0 aliphatic rings. The lowest BCUT2D eigenvalue weighted by atomic mass is 10.2.